The number of carbonyl (C=O) groups excluding carboxylic acids is 1. The molecule has 1 fully saturated rings. The van der Waals surface area contributed by atoms with E-state index >= 15 is 0 Å². The van der Waals surface area contributed by atoms with E-state index in [1.807, 2.05) is 13.8 Å². The molecule has 0 aliphatic carbocycles. The van der Waals surface area contributed by atoms with Gasteiger partial charge in [-0.2, -0.15) is 0 Å². The maximum absolute atomic E-state index is 12.5. The summed E-state index contributed by atoms with van der Waals surface area (Å²) in [6.07, 6.45) is 1.18. The van der Waals surface area contributed by atoms with Gasteiger partial charge in [0.2, 0.25) is 5.15 Å². The number of carbonyl (C=O) groups is 1. The Morgan fingerprint density at radius 2 is 2.30 bits per heavy atom. The van der Waals surface area contributed by atoms with Crippen molar-refractivity contribution in [3.05, 3.63) is 33.1 Å². The second kappa shape index (κ2) is 5.72. The summed E-state index contributed by atoms with van der Waals surface area (Å²) >= 11 is 5.72. The van der Waals surface area contributed by atoms with Crippen LogP contribution in [0.3, 0.4) is 0 Å². The molecule has 1 aliphatic rings. The maximum atomic E-state index is 12.5. The Morgan fingerprint density at radius 1 is 1.60 bits per heavy atom. The van der Waals surface area contributed by atoms with Gasteiger partial charge in [0.1, 0.15) is 5.56 Å². The molecule has 0 spiro atoms. The average molecular weight is 300 g/mol. The van der Waals surface area contributed by atoms with Gasteiger partial charge < -0.3 is 9.64 Å². The topological polar surface area (TPSA) is 85.6 Å². The third kappa shape index (κ3) is 2.73. The summed E-state index contributed by atoms with van der Waals surface area (Å²) in [5.41, 5.74) is -0.499. The Morgan fingerprint density at radius 3 is 2.95 bits per heavy atom. The molecular formula is C12H14ClN3O4. The second-order valence-electron chi connectivity index (χ2n) is 4.71. The molecule has 0 radical (unpaired) electrons. The molecule has 0 saturated carbocycles. The quantitative estimate of drug-likeness (QED) is 0.473. The first-order valence-corrected chi connectivity index (χ1v) is 6.51. The van der Waals surface area contributed by atoms with Crippen LogP contribution in [0.4, 0.5) is 5.69 Å². The van der Waals surface area contributed by atoms with E-state index in [4.69, 9.17) is 16.3 Å². The predicted octanol–water partition coefficient (Wildman–Crippen LogP) is 1.89. The van der Waals surface area contributed by atoms with Crippen molar-refractivity contribution in [3.63, 3.8) is 0 Å². The molecule has 1 aromatic heterocycles. The summed E-state index contributed by atoms with van der Waals surface area (Å²) in [4.78, 5) is 28.1. The third-order valence-electron chi connectivity index (χ3n) is 3.16. The zero-order valence-electron chi connectivity index (χ0n) is 11.1. The number of halogens is 1. The lowest BCUT2D eigenvalue weighted by Gasteiger charge is -2.36. The Kier molecular flexibility index (Phi) is 4.20. The van der Waals surface area contributed by atoms with Crippen molar-refractivity contribution < 1.29 is 14.5 Å². The van der Waals surface area contributed by atoms with E-state index in [2.05, 4.69) is 4.98 Å². The number of hydrogen-bond donors (Lipinski definition) is 0. The summed E-state index contributed by atoms with van der Waals surface area (Å²) in [6, 6.07) is 1.17. The lowest BCUT2D eigenvalue weighted by atomic mass is 10.1. The molecule has 2 rings (SSSR count). The van der Waals surface area contributed by atoms with E-state index in [9.17, 15) is 14.9 Å². The standard InChI is InChI=1S/C12H14ClN3O4/c1-7-6-20-8(2)5-15(7)12(17)9-3-4-14-11(13)10(9)16(18)19/h3-4,7-8H,5-6H2,1-2H3. The molecular weight excluding hydrogens is 286 g/mol. The van der Waals surface area contributed by atoms with E-state index in [1.165, 1.54) is 12.3 Å². The van der Waals surface area contributed by atoms with E-state index in [-0.39, 0.29) is 22.9 Å². The number of hydrogen-bond acceptors (Lipinski definition) is 5. The molecule has 2 unspecified atom stereocenters. The number of nitro groups is 1. The largest absolute Gasteiger partial charge is 0.375 e. The third-order valence-corrected chi connectivity index (χ3v) is 3.44. The molecule has 0 N–H and O–H groups in total. The van der Waals surface area contributed by atoms with Crippen LogP contribution < -0.4 is 0 Å². The van der Waals surface area contributed by atoms with E-state index in [0.29, 0.717) is 13.2 Å². The highest BCUT2D eigenvalue weighted by atomic mass is 35.5. The highest BCUT2D eigenvalue weighted by molar-refractivity contribution is 6.32. The summed E-state index contributed by atoms with van der Waals surface area (Å²) in [6.45, 7) is 4.47. The van der Waals surface area contributed by atoms with Crippen LogP contribution in [-0.4, -0.2) is 46.0 Å². The van der Waals surface area contributed by atoms with E-state index in [0.717, 1.165) is 0 Å². The molecule has 108 valence electrons. The van der Waals surface area contributed by atoms with Crippen molar-refractivity contribution in [2.45, 2.75) is 26.0 Å². The summed E-state index contributed by atoms with van der Waals surface area (Å²) in [5, 5.41) is 10.8. The van der Waals surface area contributed by atoms with Crippen LogP contribution in [0.25, 0.3) is 0 Å². The minimum atomic E-state index is -0.683. The highest BCUT2D eigenvalue weighted by Crippen LogP contribution is 2.28. The summed E-state index contributed by atoms with van der Waals surface area (Å²) < 4.78 is 5.44. The second-order valence-corrected chi connectivity index (χ2v) is 5.06. The number of aromatic nitrogens is 1. The Bertz CT molecular complexity index is 552. The maximum Gasteiger partial charge on any atom is 0.319 e. The van der Waals surface area contributed by atoms with Crippen LogP contribution in [0.15, 0.2) is 12.3 Å². The minimum absolute atomic E-state index is 0.0454. The van der Waals surface area contributed by atoms with Crippen LogP contribution >= 0.6 is 11.6 Å². The SMILES string of the molecule is CC1CN(C(=O)c2ccnc(Cl)c2[N+](=O)[O-])C(C)CO1. The number of rotatable bonds is 2. The lowest BCUT2D eigenvalue weighted by Crippen LogP contribution is -2.50. The van der Waals surface area contributed by atoms with Crippen molar-refractivity contribution in [2.75, 3.05) is 13.2 Å². The minimum Gasteiger partial charge on any atom is -0.375 e. The predicted molar refractivity (Wildman–Crippen MR) is 71.8 cm³/mol. The van der Waals surface area contributed by atoms with Crippen molar-refractivity contribution in [1.82, 2.24) is 9.88 Å². The molecule has 1 aromatic rings. The first-order chi connectivity index (χ1) is 9.41. The number of ether oxygens (including phenoxy) is 1. The molecule has 2 atom stereocenters. The molecule has 7 nitrogen and oxygen atoms in total. The Labute approximate surface area is 120 Å². The molecule has 2 heterocycles. The van der Waals surface area contributed by atoms with Gasteiger partial charge in [-0.1, -0.05) is 11.6 Å². The van der Waals surface area contributed by atoms with E-state index in [1.54, 1.807) is 4.90 Å². The fraction of sp³-hybridized carbons (Fsp3) is 0.500. The van der Waals surface area contributed by atoms with Crippen molar-refractivity contribution in [2.24, 2.45) is 0 Å². The van der Waals surface area contributed by atoms with Gasteiger partial charge in [-0.15, -0.1) is 0 Å². The van der Waals surface area contributed by atoms with Gasteiger partial charge in [-0.3, -0.25) is 14.9 Å². The normalized spacial score (nSPS) is 22.6. The van der Waals surface area contributed by atoms with Crippen molar-refractivity contribution in [1.29, 1.82) is 0 Å². The van der Waals surface area contributed by atoms with Crippen LogP contribution in [0, 0.1) is 10.1 Å². The van der Waals surface area contributed by atoms with Gasteiger partial charge in [-0.05, 0) is 19.9 Å². The van der Waals surface area contributed by atoms with Gasteiger partial charge in [0.15, 0.2) is 0 Å². The van der Waals surface area contributed by atoms with Crippen LogP contribution in [-0.2, 0) is 4.74 Å². The first-order valence-electron chi connectivity index (χ1n) is 6.13. The van der Waals surface area contributed by atoms with Gasteiger partial charge in [-0.25, -0.2) is 4.98 Å². The molecule has 20 heavy (non-hydrogen) atoms. The fourth-order valence-electron chi connectivity index (χ4n) is 2.12. The zero-order chi connectivity index (χ0) is 14.9. The molecule has 8 heteroatoms. The molecule has 0 bridgehead atoms. The van der Waals surface area contributed by atoms with Gasteiger partial charge in [0, 0.05) is 12.7 Å². The fourth-order valence-corrected chi connectivity index (χ4v) is 2.34. The Balaban J connectivity index is 2.38. The van der Waals surface area contributed by atoms with E-state index < -0.39 is 16.5 Å². The Hall–Kier alpha value is -1.73. The van der Waals surface area contributed by atoms with Crippen LogP contribution in [0.5, 0.6) is 0 Å². The molecule has 1 aliphatic heterocycles. The van der Waals surface area contributed by atoms with Gasteiger partial charge in [0.05, 0.1) is 23.7 Å². The van der Waals surface area contributed by atoms with Crippen molar-refractivity contribution in [3.8, 4) is 0 Å². The van der Waals surface area contributed by atoms with Gasteiger partial charge >= 0.3 is 5.69 Å². The number of pyridine rings is 1. The highest BCUT2D eigenvalue weighted by Gasteiger charge is 2.33. The lowest BCUT2D eigenvalue weighted by molar-refractivity contribution is -0.385. The smallest absolute Gasteiger partial charge is 0.319 e. The van der Waals surface area contributed by atoms with Gasteiger partial charge in [0.25, 0.3) is 5.91 Å². The molecule has 1 saturated heterocycles. The van der Waals surface area contributed by atoms with Crippen LogP contribution in [0.2, 0.25) is 5.15 Å². The number of morpholine rings is 1. The van der Waals surface area contributed by atoms with Crippen LogP contribution in [0.1, 0.15) is 24.2 Å². The molecule has 1 amide bonds. The number of amides is 1. The monoisotopic (exact) mass is 299 g/mol. The van der Waals surface area contributed by atoms with Crippen molar-refractivity contribution >= 4 is 23.2 Å². The zero-order valence-corrected chi connectivity index (χ0v) is 11.8. The molecule has 0 aromatic carbocycles. The number of nitrogens with zero attached hydrogens (tertiary/aromatic N) is 3. The average Bonchev–Trinajstić information content (AvgIpc) is 2.40. The summed E-state index contributed by atoms with van der Waals surface area (Å²) in [7, 11) is 0. The first kappa shape index (κ1) is 14.7. The summed E-state index contributed by atoms with van der Waals surface area (Å²) in [5.74, 6) is -0.427.